The van der Waals surface area contributed by atoms with Crippen molar-refractivity contribution in [3.8, 4) is 0 Å². The molecule has 1 aromatic rings. The summed E-state index contributed by atoms with van der Waals surface area (Å²) in [7, 11) is -3.65. The molecule has 108 valence electrons. The first-order valence-electron chi connectivity index (χ1n) is 5.92. The molecule has 0 radical (unpaired) electrons. The summed E-state index contributed by atoms with van der Waals surface area (Å²) in [6.45, 7) is 2.01. The fourth-order valence-corrected chi connectivity index (χ4v) is 3.30. The fourth-order valence-electron chi connectivity index (χ4n) is 1.34. The van der Waals surface area contributed by atoms with Crippen molar-refractivity contribution in [2.24, 2.45) is 0 Å². The molecule has 0 aliphatic carbocycles. The Labute approximate surface area is 117 Å². The first kappa shape index (κ1) is 16.4. The predicted octanol–water partition coefficient (Wildman–Crippen LogP) is 1.53. The Morgan fingerprint density at radius 3 is 2.74 bits per heavy atom. The van der Waals surface area contributed by atoms with Gasteiger partial charge in [-0.3, -0.25) is 0 Å². The van der Waals surface area contributed by atoms with Gasteiger partial charge in [0.1, 0.15) is 5.82 Å². The maximum atomic E-state index is 13.3. The zero-order chi connectivity index (χ0) is 14.3. The Balaban J connectivity index is 2.49. The molecule has 2 N–H and O–H groups in total. The molecule has 1 aromatic carbocycles. The fraction of sp³-hybridized carbons (Fsp3) is 0.500. The minimum absolute atomic E-state index is 0.0593. The van der Waals surface area contributed by atoms with E-state index in [9.17, 15) is 12.8 Å². The second-order valence-electron chi connectivity index (χ2n) is 4.00. The second kappa shape index (κ2) is 7.84. The normalized spacial score (nSPS) is 11.7. The zero-order valence-corrected chi connectivity index (χ0v) is 12.4. The van der Waals surface area contributed by atoms with Crippen molar-refractivity contribution in [2.45, 2.75) is 18.2 Å². The average Bonchev–Trinajstić information content (AvgIpc) is 2.36. The monoisotopic (exact) mass is 307 g/mol. The van der Waals surface area contributed by atoms with Crippen LogP contribution < -0.4 is 4.72 Å². The number of nitrogens with one attached hydrogen (secondary N) is 1. The van der Waals surface area contributed by atoms with Gasteiger partial charge in [-0.1, -0.05) is 6.07 Å². The van der Waals surface area contributed by atoms with Crippen LogP contribution in [0.15, 0.2) is 23.1 Å². The van der Waals surface area contributed by atoms with Gasteiger partial charge in [0.25, 0.3) is 0 Å². The van der Waals surface area contributed by atoms with E-state index in [4.69, 9.17) is 5.11 Å². The molecule has 0 aromatic heterocycles. The van der Waals surface area contributed by atoms with E-state index in [-0.39, 0.29) is 18.0 Å². The lowest BCUT2D eigenvalue weighted by Gasteiger charge is -2.07. The largest absolute Gasteiger partial charge is 0.396 e. The van der Waals surface area contributed by atoms with Gasteiger partial charge in [0.05, 0.1) is 4.90 Å². The van der Waals surface area contributed by atoms with Gasteiger partial charge in [0, 0.05) is 18.9 Å². The number of aryl methyl sites for hydroxylation is 1. The molecule has 0 spiro atoms. The summed E-state index contributed by atoms with van der Waals surface area (Å²) < 4.78 is 39.5. The minimum atomic E-state index is -3.65. The quantitative estimate of drug-likeness (QED) is 0.715. The third-order valence-electron chi connectivity index (χ3n) is 2.44. The van der Waals surface area contributed by atoms with Gasteiger partial charge in [-0.05, 0) is 36.8 Å². The molecule has 1 rings (SSSR count). The van der Waals surface area contributed by atoms with Gasteiger partial charge in [-0.25, -0.2) is 17.5 Å². The summed E-state index contributed by atoms with van der Waals surface area (Å²) in [5.41, 5.74) is 0.415. The number of aliphatic hydroxyl groups excluding tert-OH is 1. The van der Waals surface area contributed by atoms with Crippen molar-refractivity contribution >= 4 is 21.8 Å². The standard InChI is InChI=1S/C12H18FNO3S2/c1-10-3-4-11(9-12(10)13)19(16,17)14-5-8-18-7-2-6-15/h3-4,9,14-15H,2,5-8H2,1H3. The highest BCUT2D eigenvalue weighted by molar-refractivity contribution is 7.99. The highest BCUT2D eigenvalue weighted by atomic mass is 32.2. The number of hydrogen-bond donors (Lipinski definition) is 2. The Morgan fingerprint density at radius 1 is 1.37 bits per heavy atom. The van der Waals surface area contributed by atoms with Crippen LogP contribution in [0.3, 0.4) is 0 Å². The van der Waals surface area contributed by atoms with Crippen molar-refractivity contribution in [3.05, 3.63) is 29.6 Å². The van der Waals surface area contributed by atoms with E-state index in [2.05, 4.69) is 4.72 Å². The number of benzene rings is 1. The first-order chi connectivity index (χ1) is 8.97. The van der Waals surface area contributed by atoms with Crippen molar-refractivity contribution < 1.29 is 17.9 Å². The van der Waals surface area contributed by atoms with Crippen LogP contribution in [-0.2, 0) is 10.0 Å². The maximum Gasteiger partial charge on any atom is 0.240 e. The number of rotatable bonds is 8. The predicted molar refractivity (Wildman–Crippen MR) is 75.4 cm³/mol. The van der Waals surface area contributed by atoms with E-state index in [1.54, 1.807) is 18.7 Å². The number of sulfonamides is 1. The summed E-state index contributed by atoms with van der Waals surface area (Å²) in [6, 6.07) is 3.86. The molecule has 0 saturated carbocycles. The van der Waals surface area contributed by atoms with Crippen LogP contribution in [0, 0.1) is 12.7 Å². The molecule has 0 unspecified atom stereocenters. The highest BCUT2D eigenvalue weighted by Gasteiger charge is 2.14. The van der Waals surface area contributed by atoms with Crippen LogP contribution in [0.5, 0.6) is 0 Å². The molecule has 0 fully saturated rings. The van der Waals surface area contributed by atoms with Crippen molar-refractivity contribution in [2.75, 3.05) is 24.7 Å². The molecular formula is C12H18FNO3S2. The summed E-state index contributed by atoms with van der Waals surface area (Å²) in [6.07, 6.45) is 0.695. The van der Waals surface area contributed by atoms with E-state index in [1.807, 2.05) is 0 Å². The van der Waals surface area contributed by atoms with Crippen molar-refractivity contribution in [3.63, 3.8) is 0 Å². The van der Waals surface area contributed by atoms with Crippen molar-refractivity contribution in [1.29, 1.82) is 0 Å². The number of hydrogen-bond acceptors (Lipinski definition) is 4. The van der Waals surface area contributed by atoms with Gasteiger partial charge in [0.2, 0.25) is 10.0 Å². The van der Waals surface area contributed by atoms with E-state index in [0.29, 0.717) is 17.7 Å². The lowest BCUT2D eigenvalue weighted by atomic mass is 10.2. The third kappa shape index (κ3) is 5.48. The van der Waals surface area contributed by atoms with Gasteiger partial charge in [-0.2, -0.15) is 11.8 Å². The minimum Gasteiger partial charge on any atom is -0.396 e. The van der Waals surface area contributed by atoms with Crippen LogP contribution in [-0.4, -0.2) is 38.2 Å². The molecule has 0 aliphatic heterocycles. The number of aliphatic hydroxyl groups is 1. The van der Waals surface area contributed by atoms with Gasteiger partial charge in [-0.15, -0.1) is 0 Å². The number of halogens is 1. The van der Waals surface area contributed by atoms with Crippen LogP contribution in [0.2, 0.25) is 0 Å². The van der Waals surface area contributed by atoms with Crippen LogP contribution in [0.4, 0.5) is 4.39 Å². The lowest BCUT2D eigenvalue weighted by molar-refractivity contribution is 0.296. The highest BCUT2D eigenvalue weighted by Crippen LogP contribution is 2.14. The SMILES string of the molecule is Cc1ccc(S(=O)(=O)NCCSCCCO)cc1F. The Kier molecular flexibility index (Phi) is 6.78. The zero-order valence-electron chi connectivity index (χ0n) is 10.7. The Bertz CT molecular complexity index is 506. The summed E-state index contributed by atoms with van der Waals surface area (Å²) in [5, 5.41) is 8.59. The van der Waals surface area contributed by atoms with Crippen LogP contribution in [0.25, 0.3) is 0 Å². The molecule has 19 heavy (non-hydrogen) atoms. The van der Waals surface area contributed by atoms with Gasteiger partial charge in [0.15, 0.2) is 0 Å². The molecule has 0 amide bonds. The maximum absolute atomic E-state index is 13.3. The molecule has 7 heteroatoms. The van der Waals surface area contributed by atoms with E-state index in [0.717, 1.165) is 11.8 Å². The van der Waals surface area contributed by atoms with E-state index in [1.165, 1.54) is 12.1 Å². The molecule has 4 nitrogen and oxygen atoms in total. The van der Waals surface area contributed by atoms with Crippen LogP contribution >= 0.6 is 11.8 Å². The molecular weight excluding hydrogens is 289 g/mol. The van der Waals surface area contributed by atoms with Crippen molar-refractivity contribution in [1.82, 2.24) is 4.72 Å². The molecule has 0 saturated heterocycles. The van der Waals surface area contributed by atoms with E-state index >= 15 is 0 Å². The lowest BCUT2D eigenvalue weighted by Crippen LogP contribution is -2.26. The average molecular weight is 307 g/mol. The van der Waals surface area contributed by atoms with Gasteiger partial charge >= 0.3 is 0 Å². The second-order valence-corrected chi connectivity index (χ2v) is 6.99. The summed E-state index contributed by atoms with van der Waals surface area (Å²) in [4.78, 5) is -0.0593. The summed E-state index contributed by atoms with van der Waals surface area (Å²) in [5.74, 6) is 0.880. The Hall–Kier alpha value is -0.630. The Morgan fingerprint density at radius 2 is 2.11 bits per heavy atom. The molecule has 0 bridgehead atoms. The molecule has 0 atom stereocenters. The smallest absolute Gasteiger partial charge is 0.240 e. The summed E-state index contributed by atoms with van der Waals surface area (Å²) >= 11 is 1.56. The molecule has 0 heterocycles. The molecule has 0 aliphatic rings. The number of thioether (sulfide) groups is 1. The van der Waals surface area contributed by atoms with Gasteiger partial charge < -0.3 is 5.11 Å². The van der Waals surface area contributed by atoms with E-state index < -0.39 is 15.8 Å². The first-order valence-corrected chi connectivity index (χ1v) is 8.55. The topological polar surface area (TPSA) is 66.4 Å². The van der Waals surface area contributed by atoms with Crippen LogP contribution in [0.1, 0.15) is 12.0 Å². The third-order valence-corrected chi connectivity index (χ3v) is 4.97.